The van der Waals surface area contributed by atoms with Crippen LogP contribution in [0.4, 0.5) is 5.82 Å². The number of aromatic nitrogens is 1. The molecule has 1 aliphatic heterocycles. The van der Waals surface area contributed by atoms with Crippen molar-refractivity contribution in [2.45, 2.75) is 13.3 Å². The van der Waals surface area contributed by atoms with E-state index < -0.39 is 0 Å². The zero-order valence-corrected chi connectivity index (χ0v) is 14.5. The summed E-state index contributed by atoms with van der Waals surface area (Å²) >= 11 is 0. The van der Waals surface area contributed by atoms with Gasteiger partial charge in [-0.3, -0.25) is 9.36 Å². The van der Waals surface area contributed by atoms with Gasteiger partial charge in [-0.1, -0.05) is 37.3 Å². The molecule has 2 heterocycles. The van der Waals surface area contributed by atoms with E-state index in [1.165, 1.54) is 5.56 Å². The average molecular weight is 333 g/mol. The molecular weight excluding hydrogens is 310 g/mol. The lowest BCUT2D eigenvalue weighted by Gasteiger charge is -2.31. The minimum atomic E-state index is 0.789. The van der Waals surface area contributed by atoms with E-state index in [2.05, 4.69) is 52.0 Å². The number of benzene rings is 2. The third-order valence-electron chi connectivity index (χ3n) is 5.02. The fraction of sp³-hybridized carbons (Fsp3) is 0.286. The molecule has 25 heavy (non-hydrogen) atoms. The van der Waals surface area contributed by atoms with E-state index in [0.717, 1.165) is 66.9 Å². The molecule has 0 saturated carbocycles. The molecule has 1 fully saturated rings. The Morgan fingerprint density at radius 1 is 1.04 bits per heavy atom. The molecule has 0 amide bonds. The smallest absolute Gasteiger partial charge is 0.154 e. The van der Waals surface area contributed by atoms with Crippen molar-refractivity contribution >= 4 is 23.0 Å². The summed E-state index contributed by atoms with van der Waals surface area (Å²) in [7, 11) is 0. The minimum Gasteiger partial charge on any atom is -0.355 e. The predicted octanol–water partition coefficient (Wildman–Crippen LogP) is 3.42. The molecule has 2 aromatic carbocycles. The van der Waals surface area contributed by atoms with Crippen LogP contribution in [-0.2, 0) is 6.42 Å². The highest BCUT2D eigenvalue weighted by molar-refractivity contribution is 6.05. The number of nitrogens with one attached hydrogen (secondary N) is 1. The standard InChI is InChI=1S/C21H23N3O/c1-2-16-7-9-17(10-8-16)24-20-6-4-3-5-18(20)19(15-25)21(24)23-13-11-22-12-14-23/h3-10,15,22H,2,11-14H2,1H3. The maximum Gasteiger partial charge on any atom is 0.154 e. The zero-order chi connectivity index (χ0) is 17.2. The zero-order valence-electron chi connectivity index (χ0n) is 14.5. The van der Waals surface area contributed by atoms with Crippen LogP contribution in [0.3, 0.4) is 0 Å². The fourth-order valence-electron chi connectivity index (χ4n) is 3.70. The number of carbonyl (C=O) groups excluding carboxylic acids is 1. The quantitative estimate of drug-likeness (QED) is 0.744. The van der Waals surface area contributed by atoms with Gasteiger partial charge in [-0.15, -0.1) is 0 Å². The second-order valence-electron chi connectivity index (χ2n) is 6.46. The van der Waals surface area contributed by atoms with Gasteiger partial charge in [0.1, 0.15) is 5.82 Å². The summed E-state index contributed by atoms with van der Waals surface area (Å²) in [5.41, 5.74) is 4.30. The summed E-state index contributed by atoms with van der Waals surface area (Å²) in [4.78, 5) is 14.3. The Hall–Kier alpha value is -2.59. The molecule has 4 heteroatoms. The van der Waals surface area contributed by atoms with Crippen LogP contribution in [0.15, 0.2) is 48.5 Å². The highest BCUT2D eigenvalue weighted by atomic mass is 16.1. The number of rotatable bonds is 4. The van der Waals surface area contributed by atoms with Gasteiger partial charge in [-0.25, -0.2) is 0 Å². The first-order valence-corrected chi connectivity index (χ1v) is 8.97. The summed E-state index contributed by atoms with van der Waals surface area (Å²) in [6.45, 7) is 5.86. The normalized spacial score (nSPS) is 14.8. The van der Waals surface area contributed by atoms with Crippen molar-refractivity contribution in [3.8, 4) is 5.69 Å². The van der Waals surface area contributed by atoms with E-state index in [4.69, 9.17) is 0 Å². The number of anilines is 1. The van der Waals surface area contributed by atoms with Gasteiger partial charge in [0.15, 0.2) is 6.29 Å². The minimum absolute atomic E-state index is 0.789. The van der Waals surface area contributed by atoms with E-state index in [-0.39, 0.29) is 0 Å². The molecule has 1 aromatic heterocycles. The average Bonchev–Trinajstić information content (AvgIpc) is 3.03. The molecular formula is C21H23N3O. The molecule has 3 aromatic rings. The molecule has 128 valence electrons. The van der Waals surface area contributed by atoms with Crippen molar-refractivity contribution in [2.75, 3.05) is 31.1 Å². The summed E-state index contributed by atoms with van der Waals surface area (Å²) in [6.07, 6.45) is 2.04. The first-order valence-electron chi connectivity index (χ1n) is 8.97. The second kappa shape index (κ2) is 6.73. The Bertz CT molecular complexity index is 889. The summed E-state index contributed by atoms with van der Waals surface area (Å²) in [5, 5.41) is 4.41. The van der Waals surface area contributed by atoms with Crippen molar-refractivity contribution < 1.29 is 4.79 Å². The predicted molar refractivity (Wildman–Crippen MR) is 103 cm³/mol. The van der Waals surface area contributed by atoms with E-state index in [1.54, 1.807) is 0 Å². The monoisotopic (exact) mass is 333 g/mol. The highest BCUT2D eigenvalue weighted by Gasteiger charge is 2.23. The van der Waals surface area contributed by atoms with Crippen LogP contribution < -0.4 is 10.2 Å². The van der Waals surface area contributed by atoms with E-state index in [0.29, 0.717) is 0 Å². The number of para-hydroxylation sites is 1. The van der Waals surface area contributed by atoms with Crippen LogP contribution in [0.1, 0.15) is 22.8 Å². The van der Waals surface area contributed by atoms with Crippen molar-refractivity contribution in [3.63, 3.8) is 0 Å². The van der Waals surface area contributed by atoms with Gasteiger partial charge in [0.2, 0.25) is 0 Å². The van der Waals surface area contributed by atoms with E-state index in [1.807, 2.05) is 18.2 Å². The Morgan fingerprint density at radius 3 is 2.44 bits per heavy atom. The van der Waals surface area contributed by atoms with Crippen molar-refractivity contribution in [1.82, 2.24) is 9.88 Å². The molecule has 0 spiro atoms. The Labute approximate surface area is 148 Å². The number of hydrogen-bond acceptors (Lipinski definition) is 3. The highest BCUT2D eigenvalue weighted by Crippen LogP contribution is 2.35. The van der Waals surface area contributed by atoms with Crippen molar-refractivity contribution in [1.29, 1.82) is 0 Å². The number of hydrogen-bond donors (Lipinski definition) is 1. The summed E-state index contributed by atoms with van der Waals surface area (Å²) in [6, 6.07) is 16.8. The van der Waals surface area contributed by atoms with Crippen molar-refractivity contribution in [3.05, 3.63) is 59.7 Å². The molecule has 1 N–H and O–H groups in total. The van der Waals surface area contributed by atoms with Gasteiger partial charge in [0.25, 0.3) is 0 Å². The molecule has 0 bridgehead atoms. The largest absolute Gasteiger partial charge is 0.355 e. The molecule has 0 unspecified atom stereocenters. The maximum atomic E-state index is 12.0. The van der Waals surface area contributed by atoms with Gasteiger partial charge < -0.3 is 10.2 Å². The van der Waals surface area contributed by atoms with Gasteiger partial charge in [0.05, 0.1) is 11.1 Å². The fourth-order valence-corrected chi connectivity index (χ4v) is 3.70. The molecule has 0 radical (unpaired) electrons. The topological polar surface area (TPSA) is 37.3 Å². The first kappa shape index (κ1) is 15.9. The number of piperazine rings is 1. The van der Waals surface area contributed by atoms with Gasteiger partial charge in [-0.2, -0.15) is 0 Å². The lowest BCUT2D eigenvalue weighted by molar-refractivity contribution is 0.112. The SMILES string of the molecule is CCc1ccc(-n2c(N3CCNCC3)c(C=O)c3ccccc32)cc1. The molecule has 4 rings (SSSR count). The van der Waals surface area contributed by atoms with Crippen LogP contribution >= 0.6 is 0 Å². The molecule has 1 saturated heterocycles. The molecule has 0 atom stereocenters. The van der Waals surface area contributed by atoms with Crippen LogP contribution in [0.2, 0.25) is 0 Å². The third kappa shape index (κ3) is 2.72. The van der Waals surface area contributed by atoms with Crippen LogP contribution in [0, 0.1) is 0 Å². The Kier molecular flexibility index (Phi) is 4.28. The van der Waals surface area contributed by atoms with Crippen molar-refractivity contribution in [2.24, 2.45) is 0 Å². The lowest BCUT2D eigenvalue weighted by Crippen LogP contribution is -2.44. The number of aryl methyl sites for hydroxylation is 1. The maximum absolute atomic E-state index is 12.0. The summed E-state index contributed by atoms with van der Waals surface area (Å²) in [5.74, 6) is 1.02. The number of carbonyl (C=O) groups is 1. The second-order valence-corrected chi connectivity index (χ2v) is 6.46. The van der Waals surface area contributed by atoms with Gasteiger partial charge in [-0.05, 0) is 30.2 Å². The first-order chi connectivity index (χ1) is 12.3. The molecule has 4 nitrogen and oxygen atoms in total. The van der Waals surface area contributed by atoms with Crippen LogP contribution in [0.5, 0.6) is 0 Å². The van der Waals surface area contributed by atoms with Crippen LogP contribution in [0.25, 0.3) is 16.6 Å². The number of fused-ring (bicyclic) bond motifs is 1. The molecule has 1 aliphatic rings. The Balaban J connectivity index is 1.97. The van der Waals surface area contributed by atoms with E-state index in [9.17, 15) is 4.79 Å². The Morgan fingerprint density at radius 2 is 1.76 bits per heavy atom. The third-order valence-corrected chi connectivity index (χ3v) is 5.02. The number of aldehydes is 1. The summed E-state index contributed by atoms with van der Waals surface area (Å²) < 4.78 is 2.24. The van der Waals surface area contributed by atoms with Gasteiger partial charge in [0, 0.05) is 37.3 Å². The van der Waals surface area contributed by atoms with E-state index >= 15 is 0 Å². The van der Waals surface area contributed by atoms with Gasteiger partial charge >= 0.3 is 0 Å². The molecule has 0 aliphatic carbocycles. The number of nitrogens with zero attached hydrogens (tertiary/aromatic N) is 2. The van der Waals surface area contributed by atoms with Crippen LogP contribution in [-0.4, -0.2) is 37.0 Å². The lowest BCUT2D eigenvalue weighted by atomic mass is 10.1.